The van der Waals surface area contributed by atoms with Gasteiger partial charge >= 0.3 is 0 Å². The molecule has 0 amide bonds. The minimum atomic E-state index is -0.401. The summed E-state index contributed by atoms with van der Waals surface area (Å²) >= 11 is 0. The number of aromatic nitrogens is 2. The number of phenolic OH excluding ortho intramolecular Hbond substituents is 1. The summed E-state index contributed by atoms with van der Waals surface area (Å²) in [5.74, 6) is 0.352. The topological polar surface area (TPSA) is 81.2 Å². The number of nitro groups is 1. The zero-order valence-corrected chi connectivity index (χ0v) is 17.3. The van der Waals surface area contributed by atoms with E-state index in [1.165, 1.54) is 12.1 Å². The number of aromatic hydroxyl groups is 1. The van der Waals surface area contributed by atoms with Crippen LogP contribution in [0.5, 0.6) is 5.75 Å². The monoisotopic (exact) mass is 381 g/mol. The Bertz CT molecular complexity index is 1020. The minimum absolute atomic E-state index is 0.0571. The van der Waals surface area contributed by atoms with Crippen molar-refractivity contribution in [3.05, 3.63) is 63.3 Å². The second-order valence-corrected chi connectivity index (χ2v) is 9.37. The highest BCUT2D eigenvalue weighted by molar-refractivity contribution is 5.80. The molecule has 0 bridgehead atoms. The molecule has 3 rings (SSSR count). The van der Waals surface area contributed by atoms with Crippen LogP contribution < -0.4 is 0 Å². The number of hydrogen-bond donors (Lipinski definition) is 1. The van der Waals surface area contributed by atoms with E-state index in [1.807, 2.05) is 18.3 Å². The van der Waals surface area contributed by atoms with Gasteiger partial charge in [0.1, 0.15) is 5.75 Å². The lowest BCUT2D eigenvalue weighted by Gasteiger charge is -2.28. The maximum absolute atomic E-state index is 11.0. The lowest BCUT2D eigenvalue weighted by molar-refractivity contribution is -0.384. The standard InChI is InChI=1S/C22H27N3O3/c1-21(2,3)17-9-14(10-18(20(17)26)22(4,5)6)12-24-13-15-11-16(25(27)28)7-8-19(15)23-24/h7-11,13,26H,12H2,1-6H3. The SMILES string of the molecule is CC(C)(C)c1cc(Cn2cc3cc([N+](=O)[O-])ccc3n2)cc(C(C)(C)C)c1O. The maximum Gasteiger partial charge on any atom is 0.270 e. The maximum atomic E-state index is 11.0. The molecule has 0 atom stereocenters. The van der Waals surface area contributed by atoms with Crippen molar-refractivity contribution < 1.29 is 10.0 Å². The highest BCUT2D eigenvalue weighted by Gasteiger charge is 2.26. The van der Waals surface area contributed by atoms with Crippen LogP contribution in [-0.4, -0.2) is 19.8 Å². The van der Waals surface area contributed by atoms with Crippen LogP contribution in [0.4, 0.5) is 5.69 Å². The van der Waals surface area contributed by atoms with Crippen LogP contribution in [0.1, 0.15) is 58.2 Å². The Morgan fingerprint density at radius 3 is 2.11 bits per heavy atom. The van der Waals surface area contributed by atoms with Gasteiger partial charge in [-0.05, 0) is 45.7 Å². The number of hydrogen-bond acceptors (Lipinski definition) is 4. The summed E-state index contributed by atoms with van der Waals surface area (Å²) in [6.07, 6.45) is 1.82. The number of rotatable bonds is 3. The van der Waals surface area contributed by atoms with Crippen LogP contribution >= 0.6 is 0 Å². The summed E-state index contributed by atoms with van der Waals surface area (Å²) in [5.41, 5.74) is 3.23. The Morgan fingerprint density at radius 2 is 1.61 bits per heavy atom. The Morgan fingerprint density at radius 1 is 1.04 bits per heavy atom. The minimum Gasteiger partial charge on any atom is -0.507 e. The first-order valence-electron chi connectivity index (χ1n) is 9.35. The molecule has 6 nitrogen and oxygen atoms in total. The van der Waals surface area contributed by atoms with Gasteiger partial charge < -0.3 is 5.11 Å². The van der Waals surface area contributed by atoms with Crippen molar-refractivity contribution in [3.63, 3.8) is 0 Å². The lowest BCUT2D eigenvalue weighted by atomic mass is 9.78. The lowest BCUT2D eigenvalue weighted by Crippen LogP contribution is -2.18. The number of nitrogens with zero attached hydrogens (tertiary/aromatic N) is 3. The van der Waals surface area contributed by atoms with E-state index in [4.69, 9.17) is 0 Å². The van der Waals surface area contributed by atoms with Crippen molar-refractivity contribution >= 4 is 16.6 Å². The number of nitro benzene ring substituents is 1. The van der Waals surface area contributed by atoms with Gasteiger partial charge in [-0.2, -0.15) is 5.10 Å². The second-order valence-electron chi connectivity index (χ2n) is 9.37. The molecule has 3 aromatic rings. The summed E-state index contributed by atoms with van der Waals surface area (Å²) in [7, 11) is 0. The summed E-state index contributed by atoms with van der Waals surface area (Å²) in [5, 5.41) is 27.1. The van der Waals surface area contributed by atoms with Crippen molar-refractivity contribution in [1.82, 2.24) is 9.78 Å². The quantitative estimate of drug-likeness (QED) is 0.493. The molecule has 0 aliphatic heterocycles. The third-order valence-corrected chi connectivity index (χ3v) is 4.88. The van der Waals surface area contributed by atoms with Gasteiger partial charge in [0.15, 0.2) is 0 Å². The Labute approximate surface area is 165 Å². The molecule has 0 radical (unpaired) electrons. The number of benzene rings is 2. The molecule has 1 aromatic heterocycles. The third kappa shape index (κ3) is 3.86. The average Bonchev–Trinajstić information content (AvgIpc) is 2.95. The smallest absolute Gasteiger partial charge is 0.270 e. The first-order chi connectivity index (χ1) is 12.9. The van der Waals surface area contributed by atoms with Gasteiger partial charge in [-0.3, -0.25) is 14.8 Å². The summed E-state index contributed by atoms with van der Waals surface area (Å²) in [4.78, 5) is 10.6. The normalized spacial score (nSPS) is 12.5. The molecule has 0 unspecified atom stereocenters. The second kappa shape index (κ2) is 6.62. The number of phenols is 1. The number of non-ortho nitro benzene ring substituents is 1. The zero-order chi connectivity index (χ0) is 20.9. The van der Waals surface area contributed by atoms with E-state index in [0.717, 1.165) is 27.6 Å². The average molecular weight is 381 g/mol. The zero-order valence-electron chi connectivity index (χ0n) is 17.3. The predicted molar refractivity (Wildman–Crippen MR) is 111 cm³/mol. The molecule has 1 heterocycles. The Kier molecular flexibility index (Phi) is 4.69. The molecule has 0 saturated heterocycles. The van der Waals surface area contributed by atoms with Crippen LogP contribution in [-0.2, 0) is 17.4 Å². The van der Waals surface area contributed by atoms with Gasteiger partial charge in [0.05, 0.1) is 17.0 Å². The van der Waals surface area contributed by atoms with Crippen molar-refractivity contribution in [1.29, 1.82) is 0 Å². The molecular weight excluding hydrogens is 354 g/mol. The first kappa shape index (κ1) is 19.9. The van der Waals surface area contributed by atoms with E-state index in [9.17, 15) is 15.2 Å². The molecule has 0 fully saturated rings. The van der Waals surface area contributed by atoms with E-state index in [-0.39, 0.29) is 16.5 Å². The van der Waals surface area contributed by atoms with Gasteiger partial charge in [0.25, 0.3) is 5.69 Å². The van der Waals surface area contributed by atoms with Gasteiger partial charge in [0, 0.05) is 23.7 Å². The molecule has 0 spiro atoms. The van der Waals surface area contributed by atoms with Crippen LogP contribution in [0.15, 0.2) is 36.5 Å². The van der Waals surface area contributed by atoms with Gasteiger partial charge in [-0.1, -0.05) is 41.5 Å². The number of fused-ring (bicyclic) bond motifs is 1. The van der Waals surface area contributed by atoms with E-state index in [1.54, 1.807) is 10.7 Å². The van der Waals surface area contributed by atoms with Crippen LogP contribution in [0, 0.1) is 10.1 Å². The van der Waals surface area contributed by atoms with Crippen LogP contribution in [0.2, 0.25) is 0 Å². The van der Waals surface area contributed by atoms with Gasteiger partial charge in [0.2, 0.25) is 0 Å². The highest BCUT2D eigenvalue weighted by atomic mass is 16.6. The van der Waals surface area contributed by atoms with Crippen LogP contribution in [0.3, 0.4) is 0 Å². The largest absolute Gasteiger partial charge is 0.507 e. The molecular formula is C22H27N3O3. The van der Waals surface area contributed by atoms with E-state index in [0.29, 0.717) is 12.3 Å². The summed E-state index contributed by atoms with van der Waals surface area (Å²) < 4.78 is 1.79. The Hall–Kier alpha value is -2.89. The molecule has 148 valence electrons. The van der Waals surface area contributed by atoms with Crippen molar-refractivity contribution in [2.24, 2.45) is 0 Å². The van der Waals surface area contributed by atoms with Crippen molar-refractivity contribution in [2.75, 3.05) is 0 Å². The predicted octanol–water partition coefficient (Wildman–Crippen LogP) is 5.29. The molecule has 1 N–H and O–H groups in total. The fourth-order valence-electron chi connectivity index (χ4n) is 3.37. The molecule has 2 aromatic carbocycles. The molecule has 0 aliphatic rings. The van der Waals surface area contributed by atoms with Crippen molar-refractivity contribution in [2.45, 2.75) is 58.9 Å². The fourth-order valence-corrected chi connectivity index (χ4v) is 3.37. The molecule has 0 aliphatic carbocycles. The highest BCUT2D eigenvalue weighted by Crippen LogP contribution is 2.40. The molecule has 6 heteroatoms. The fraction of sp³-hybridized carbons (Fsp3) is 0.409. The third-order valence-electron chi connectivity index (χ3n) is 4.88. The van der Waals surface area contributed by atoms with E-state index in [2.05, 4.69) is 46.6 Å². The summed E-state index contributed by atoms with van der Waals surface area (Å²) in [6.45, 7) is 13.0. The van der Waals surface area contributed by atoms with Gasteiger partial charge in [-0.25, -0.2) is 0 Å². The first-order valence-corrected chi connectivity index (χ1v) is 9.35. The van der Waals surface area contributed by atoms with E-state index >= 15 is 0 Å². The molecule has 0 saturated carbocycles. The summed E-state index contributed by atoms with van der Waals surface area (Å²) in [6, 6.07) is 8.73. The molecule has 28 heavy (non-hydrogen) atoms. The van der Waals surface area contributed by atoms with Crippen molar-refractivity contribution in [3.8, 4) is 5.75 Å². The van der Waals surface area contributed by atoms with Crippen LogP contribution in [0.25, 0.3) is 10.9 Å². The van der Waals surface area contributed by atoms with Gasteiger partial charge in [-0.15, -0.1) is 0 Å². The Balaban J connectivity index is 2.06. The van der Waals surface area contributed by atoms with E-state index < -0.39 is 4.92 Å².